The SMILES string of the molecule is C=Cc1ccc(O)c(CO)c1.C=Cc1ccc2c(c1)CO[Si](C)(C)O2.CO[Si](CCc1ccc2c(c1)CO[Si](C)(C)O2)(OC)OC.CO[Si](OC)OC.C[Si](C)(Cl)Cl. The quantitative estimate of drug-likeness (QED) is 0.133. The van der Waals surface area contributed by atoms with Crippen LogP contribution < -0.4 is 8.85 Å². The Bertz CT molecular complexity index is 1670. The van der Waals surface area contributed by atoms with E-state index in [0.717, 1.165) is 46.2 Å². The van der Waals surface area contributed by atoms with Crippen LogP contribution in [-0.2, 0) is 61.6 Å². The molecule has 0 saturated carbocycles. The predicted octanol–water partition coefficient (Wildman–Crippen LogP) is 9.26. The summed E-state index contributed by atoms with van der Waals surface area (Å²) in [6.45, 7) is 18.7. The molecule has 3 aromatic rings. The zero-order valence-electron chi connectivity index (χ0n) is 36.0. The van der Waals surface area contributed by atoms with Crippen molar-refractivity contribution in [2.75, 3.05) is 42.7 Å². The van der Waals surface area contributed by atoms with Crippen molar-refractivity contribution in [3.63, 3.8) is 0 Å². The Balaban J connectivity index is 0.000000395. The number of halogens is 2. The van der Waals surface area contributed by atoms with Gasteiger partial charge in [0.2, 0.25) is 6.69 Å². The number of rotatable bonds is 12. The number of hydrogen-bond donors (Lipinski definition) is 2. The number of aliphatic hydroxyl groups is 1. The second kappa shape index (κ2) is 26.2. The molecule has 5 rings (SSSR count). The van der Waals surface area contributed by atoms with Crippen LogP contribution in [0.25, 0.3) is 12.2 Å². The highest BCUT2D eigenvalue weighted by Gasteiger charge is 2.37. The zero-order valence-corrected chi connectivity index (χ0v) is 42.5. The van der Waals surface area contributed by atoms with Gasteiger partial charge in [-0.05, 0) is 98.8 Å². The molecule has 2 aliphatic rings. The first-order valence-corrected chi connectivity index (χ1v) is 32.1. The number of phenols is 1. The number of aliphatic hydroxyl groups excluding tert-OH is 1. The van der Waals surface area contributed by atoms with E-state index in [1.54, 1.807) is 66.9 Å². The fourth-order valence-corrected chi connectivity index (χ4v) is 9.78. The molecule has 0 fully saturated rings. The van der Waals surface area contributed by atoms with Gasteiger partial charge in [0, 0.05) is 65.4 Å². The lowest BCUT2D eigenvalue weighted by atomic mass is 10.1. The Morgan fingerprint density at radius 2 is 1.16 bits per heavy atom. The summed E-state index contributed by atoms with van der Waals surface area (Å²) in [6.07, 6.45) is 4.34. The monoisotopic (exact) mass is 933 g/mol. The number of hydrogen-bond acceptors (Lipinski definition) is 12. The van der Waals surface area contributed by atoms with E-state index in [4.69, 9.17) is 76.6 Å². The highest BCUT2D eigenvalue weighted by molar-refractivity contribution is 7.44. The van der Waals surface area contributed by atoms with Crippen LogP contribution in [0.1, 0.15) is 33.4 Å². The van der Waals surface area contributed by atoms with Gasteiger partial charge >= 0.3 is 35.5 Å². The maximum atomic E-state index is 9.14. The Morgan fingerprint density at radius 3 is 1.57 bits per heavy atom. The highest BCUT2D eigenvalue weighted by atomic mass is 35.7. The van der Waals surface area contributed by atoms with Gasteiger partial charge in [-0.1, -0.05) is 43.5 Å². The van der Waals surface area contributed by atoms with Crippen molar-refractivity contribution in [1.82, 2.24) is 0 Å². The molecule has 19 heteroatoms. The molecular formula is C39H63Cl2O12Si5. The van der Waals surface area contributed by atoms with Crippen molar-refractivity contribution in [1.29, 1.82) is 0 Å². The molecule has 12 nitrogen and oxygen atoms in total. The van der Waals surface area contributed by atoms with Crippen molar-refractivity contribution in [3.05, 3.63) is 101 Å². The Labute approximate surface area is 361 Å². The number of fused-ring (bicyclic) bond motifs is 2. The molecule has 0 saturated heterocycles. The first-order valence-electron chi connectivity index (χ1n) is 18.3. The summed E-state index contributed by atoms with van der Waals surface area (Å²) in [5.41, 5.74) is 5.98. The third-order valence-corrected chi connectivity index (χ3v) is 14.8. The van der Waals surface area contributed by atoms with Gasteiger partial charge in [0.05, 0.1) is 19.8 Å². The molecule has 0 unspecified atom stereocenters. The van der Waals surface area contributed by atoms with E-state index in [2.05, 4.69) is 57.5 Å². The molecule has 2 aliphatic heterocycles. The minimum Gasteiger partial charge on any atom is -0.520 e. The number of aryl methyl sites for hydroxylation is 1. The molecule has 1 radical (unpaired) electrons. The van der Waals surface area contributed by atoms with Crippen LogP contribution in [0.15, 0.2) is 67.8 Å². The Morgan fingerprint density at radius 1 is 0.724 bits per heavy atom. The topological polar surface area (TPSA) is 133 Å². The normalized spacial score (nSPS) is 14.7. The first-order chi connectivity index (χ1) is 27.2. The Kier molecular flexibility index (Phi) is 24.4. The predicted molar refractivity (Wildman–Crippen MR) is 244 cm³/mol. The summed E-state index contributed by atoms with van der Waals surface area (Å²) in [5.74, 6) is 2.05. The van der Waals surface area contributed by atoms with E-state index in [-0.39, 0.29) is 12.4 Å². The molecule has 0 spiro atoms. The van der Waals surface area contributed by atoms with E-state index in [0.29, 0.717) is 18.8 Å². The summed E-state index contributed by atoms with van der Waals surface area (Å²) < 4.78 is 53.7. The summed E-state index contributed by atoms with van der Waals surface area (Å²) >= 11 is 10.9. The molecular weight excluding hydrogens is 872 g/mol. The minimum absolute atomic E-state index is 0.123. The second-order valence-electron chi connectivity index (χ2n) is 13.8. The number of aromatic hydroxyl groups is 1. The van der Waals surface area contributed by atoms with E-state index in [9.17, 15) is 0 Å². The molecule has 0 amide bonds. The maximum Gasteiger partial charge on any atom is 0.576 e. The third kappa shape index (κ3) is 20.4. The van der Waals surface area contributed by atoms with Gasteiger partial charge in [0.1, 0.15) is 17.2 Å². The van der Waals surface area contributed by atoms with Gasteiger partial charge in [-0.25, -0.2) is 0 Å². The fourth-order valence-electron chi connectivity index (χ4n) is 4.99. The minimum atomic E-state index is -2.51. The van der Waals surface area contributed by atoms with Crippen LogP contribution in [-0.4, -0.2) is 95.0 Å². The van der Waals surface area contributed by atoms with Crippen molar-refractivity contribution in [3.8, 4) is 17.2 Å². The fraction of sp³-hybridized carbons (Fsp3) is 0.436. The molecule has 0 aromatic heterocycles. The van der Waals surface area contributed by atoms with Crippen LogP contribution in [0.3, 0.4) is 0 Å². The zero-order chi connectivity index (χ0) is 44.2. The first kappa shape index (κ1) is 53.9. The standard InChI is InChI=1S/C14H24O5Si2.C11H14O2Si.C9H10O2.C3H9O3Si.C2H6Cl2Si/c1-15-21(16-2,17-3)9-8-12-6-7-14-13(10-12)11-18-20(4,5)19-14;1-4-9-5-6-11-10(7-9)8-12-14(2,3)13-11;1-2-7-3-4-9(11)8(5-7)6-10;1-4-7(5-2)6-3;1-5(2,3)4/h6-7,10H,8-9,11H2,1-5H3;4-7H,1,8H2,2-3H3;2-5,10-11H,1,6H2;1-3H3;1-2H3. The van der Waals surface area contributed by atoms with Crippen molar-refractivity contribution < 1.29 is 54.5 Å². The molecule has 0 aliphatic carbocycles. The molecule has 3 aromatic carbocycles. The summed E-state index contributed by atoms with van der Waals surface area (Å²) in [5, 5.41) is 17.9. The number of benzene rings is 3. The molecule has 58 heavy (non-hydrogen) atoms. The third-order valence-electron chi connectivity index (χ3n) is 7.97. The van der Waals surface area contributed by atoms with Gasteiger partial charge in [0.15, 0.2) is 0 Å². The smallest absolute Gasteiger partial charge is 0.520 e. The lowest BCUT2D eigenvalue weighted by Crippen LogP contribution is -2.43. The summed E-state index contributed by atoms with van der Waals surface area (Å²) in [4.78, 5) is 0. The molecule has 0 atom stereocenters. The average molecular weight is 935 g/mol. The lowest BCUT2D eigenvalue weighted by molar-refractivity contribution is 0.123. The van der Waals surface area contributed by atoms with E-state index in [1.165, 1.54) is 5.56 Å². The van der Waals surface area contributed by atoms with E-state index < -0.39 is 42.1 Å². The summed E-state index contributed by atoms with van der Waals surface area (Å²) in [6, 6.07) is 18.1. The molecule has 0 bridgehead atoms. The van der Waals surface area contributed by atoms with Crippen molar-refractivity contribution >= 4 is 76.5 Å². The van der Waals surface area contributed by atoms with Crippen molar-refractivity contribution in [2.24, 2.45) is 0 Å². The van der Waals surface area contributed by atoms with E-state index >= 15 is 0 Å². The lowest BCUT2D eigenvalue weighted by Gasteiger charge is -2.31. The van der Waals surface area contributed by atoms with Crippen molar-refractivity contribution in [2.45, 2.75) is 71.6 Å². The van der Waals surface area contributed by atoms with Crippen LogP contribution in [0.2, 0.25) is 45.3 Å². The van der Waals surface area contributed by atoms with Crippen LogP contribution in [0.5, 0.6) is 17.2 Å². The highest BCUT2D eigenvalue weighted by Crippen LogP contribution is 2.32. The van der Waals surface area contributed by atoms with Gasteiger partial charge in [-0.15, -0.1) is 22.2 Å². The van der Waals surface area contributed by atoms with Crippen LogP contribution in [0.4, 0.5) is 0 Å². The van der Waals surface area contributed by atoms with Gasteiger partial charge in [-0.3, -0.25) is 0 Å². The van der Waals surface area contributed by atoms with Crippen LogP contribution in [0, 0.1) is 0 Å². The van der Waals surface area contributed by atoms with Gasteiger partial charge in [0.25, 0.3) is 0 Å². The van der Waals surface area contributed by atoms with Gasteiger partial charge in [-0.2, -0.15) is 0 Å². The Hall–Kier alpha value is -2.16. The van der Waals surface area contributed by atoms with Gasteiger partial charge < -0.3 is 54.5 Å². The van der Waals surface area contributed by atoms with Crippen LogP contribution >= 0.6 is 22.2 Å². The maximum absolute atomic E-state index is 9.14. The largest absolute Gasteiger partial charge is 0.576 e. The second-order valence-corrected chi connectivity index (χ2v) is 34.1. The molecule has 2 heterocycles. The summed E-state index contributed by atoms with van der Waals surface area (Å²) in [7, 11) is 1.84. The van der Waals surface area contributed by atoms with E-state index in [1.807, 2.05) is 37.4 Å². The molecule has 2 N–H and O–H groups in total. The average Bonchev–Trinajstić information content (AvgIpc) is 3.19. The molecule has 325 valence electrons.